The van der Waals surface area contributed by atoms with Crippen molar-refractivity contribution in [1.82, 2.24) is 0 Å². The van der Waals surface area contributed by atoms with Crippen molar-refractivity contribution in [1.29, 1.82) is 0 Å². The van der Waals surface area contributed by atoms with Gasteiger partial charge >= 0.3 is 0 Å². The molecule has 0 aliphatic carbocycles. The van der Waals surface area contributed by atoms with Crippen molar-refractivity contribution in [3.05, 3.63) is 35.4 Å². The van der Waals surface area contributed by atoms with Crippen molar-refractivity contribution in [2.45, 2.75) is 25.6 Å². The number of alkyl halides is 1. The minimum atomic E-state index is -0.724. The summed E-state index contributed by atoms with van der Waals surface area (Å²) >= 11 is 5.82. The van der Waals surface area contributed by atoms with Crippen molar-refractivity contribution in [3.63, 3.8) is 0 Å². The summed E-state index contributed by atoms with van der Waals surface area (Å²) in [6.07, 6.45) is 1.03. The van der Waals surface area contributed by atoms with Crippen molar-refractivity contribution in [2.24, 2.45) is 11.7 Å². The molecule has 0 saturated carbocycles. The SMILES string of the molecule is CC(C)Cc1ccc(C(Cl)C(N)=O)cc1. The molecule has 0 spiro atoms. The predicted octanol–water partition coefficient (Wildman–Crippen LogP) is 2.65. The average molecular weight is 226 g/mol. The molecule has 0 aromatic heterocycles. The first-order chi connectivity index (χ1) is 7.00. The summed E-state index contributed by atoms with van der Waals surface area (Å²) in [6, 6.07) is 7.71. The molecule has 0 aliphatic rings. The van der Waals surface area contributed by atoms with Gasteiger partial charge in [0, 0.05) is 0 Å². The molecule has 1 aromatic carbocycles. The first-order valence-corrected chi connectivity index (χ1v) is 5.46. The third-order valence-electron chi connectivity index (χ3n) is 2.17. The maximum absolute atomic E-state index is 10.9. The number of benzene rings is 1. The third-order valence-corrected chi connectivity index (χ3v) is 2.63. The van der Waals surface area contributed by atoms with Crippen LogP contribution in [0.3, 0.4) is 0 Å². The van der Waals surface area contributed by atoms with Gasteiger partial charge in [0.1, 0.15) is 5.38 Å². The molecule has 1 rings (SSSR count). The predicted molar refractivity (Wildman–Crippen MR) is 62.8 cm³/mol. The third kappa shape index (κ3) is 3.56. The summed E-state index contributed by atoms with van der Waals surface area (Å²) in [4.78, 5) is 10.9. The Morgan fingerprint density at radius 2 is 1.87 bits per heavy atom. The lowest BCUT2D eigenvalue weighted by Crippen LogP contribution is -2.16. The molecule has 0 heterocycles. The number of nitrogens with two attached hydrogens (primary N) is 1. The van der Waals surface area contributed by atoms with E-state index in [1.54, 1.807) is 0 Å². The highest BCUT2D eigenvalue weighted by Gasteiger charge is 2.13. The monoisotopic (exact) mass is 225 g/mol. The summed E-state index contributed by atoms with van der Waals surface area (Å²) in [5.41, 5.74) is 7.13. The number of primary amides is 1. The standard InChI is InChI=1S/C12H16ClNO/c1-8(2)7-9-3-5-10(6-4-9)11(13)12(14)15/h3-6,8,11H,7H2,1-2H3,(H2,14,15). The first kappa shape index (κ1) is 12.1. The minimum absolute atomic E-state index is 0.506. The van der Waals surface area contributed by atoms with Crippen LogP contribution in [0.2, 0.25) is 0 Å². The molecule has 3 heteroatoms. The van der Waals surface area contributed by atoms with Crippen LogP contribution < -0.4 is 5.73 Å². The number of rotatable bonds is 4. The Hall–Kier alpha value is -1.02. The van der Waals surface area contributed by atoms with Crippen LogP contribution in [0.4, 0.5) is 0 Å². The maximum atomic E-state index is 10.9. The molecule has 0 fully saturated rings. The molecule has 1 atom stereocenters. The fourth-order valence-corrected chi connectivity index (χ4v) is 1.60. The molecule has 82 valence electrons. The van der Waals surface area contributed by atoms with Gasteiger partial charge in [0.15, 0.2) is 0 Å². The van der Waals surface area contributed by atoms with Crippen LogP contribution in [0.15, 0.2) is 24.3 Å². The Labute approximate surface area is 95.4 Å². The van der Waals surface area contributed by atoms with Gasteiger partial charge in [-0.05, 0) is 23.5 Å². The molecular weight excluding hydrogens is 210 g/mol. The summed E-state index contributed by atoms with van der Waals surface area (Å²) < 4.78 is 0. The van der Waals surface area contributed by atoms with Crippen LogP contribution in [0.25, 0.3) is 0 Å². The van der Waals surface area contributed by atoms with Crippen LogP contribution in [-0.2, 0) is 11.2 Å². The van der Waals surface area contributed by atoms with Gasteiger partial charge in [0.25, 0.3) is 0 Å². The molecule has 0 radical (unpaired) electrons. The molecule has 0 saturated heterocycles. The van der Waals surface area contributed by atoms with E-state index in [4.69, 9.17) is 17.3 Å². The maximum Gasteiger partial charge on any atom is 0.240 e. The lowest BCUT2D eigenvalue weighted by molar-refractivity contribution is -0.117. The van der Waals surface area contributed by atoms with Crippen molar-refractivity contribution in [3.8, 4) is 0 Å². The number of hydrogen-bond donors (Lipinski definition) is 1. The summed E-state index contributed by atoms with van der Waals surface area (Å²) in [5.74, 6) is 0.118. The molecule has 0 aliphatic heterocycles. The van der Waals surface area contributed by atoms with E-state index in [0.717, 1.165) is 12.0 Å². The number of hydrogen-bond acceptors (Lipinski definition) is 1. The summed E-state index contributed by atoms with van der Waals surface area (Å²) in [7, 11) is 0. The fraction of sp³-hybridized carbons (Fsp3) is 0.417. The van der Waals surface area contributed by atoms with Gasteiger partial charge in [-0.15, -0.1) is 11.6 Å². The van der Waals surface area contributed by atoms with Gasteiger partial charge in [-0.3, -0.25) is 4.79 Å². The highest BCUT2D eigenvalue weighted by atomic mass is 35.5. The smallest absolute Gasteiger partial charge is 0.240 e. The zero-order valence-electron chi connectivity index (χ0n) is 9.03. The lowest BCUT2D eigenvalue weighted by atomic mass is 10.0. The highest BCUT2D eigenvalue weighted by Crippen LogP contribution is 2.20. The average Bonchev–Trinajstić information content (AvgIpc) is 2.17. The van der Waals surface area contributed by atoms with Gasteiger partial charge in [0.2, 0.25) is 5.91 Å². The normalized spacial score (nSPS) is 12.8. The number of carbonyl (C=O) groups is 1. The van der Waals surface area contributed by atoms with Gasteiger partial charge in [0.05, 0.1) is 0 Å². The summed E-state index contributed by atoms with van der Waals surface area (Å²) in [5, 5.41) is -0.724. The zero-order chi connectivity index (χ0) is 11.4. The second-order valence-corrected chi connectivity index (χ2v) is 4.54. The fourth-order valence-electron chi connectivity index (χ4n) is 1.46. The zero-order valence-corrected chi connectivity index (χ0v) is 9.79. The van der Waals surface area contributed by atoms with E-state index in [2.05, 4.69) is 13.8 Å². The van der Waals surface area contributed by atoms with Crippen molar-refractivity contribution >= 4 is 17.5 Å². The van der Waals surface area contributed by atoms with Crippen LogP contribution in [0.5, 0.6) is 0 Å². The lowest BCUT2D eigenvalue weighted by Gasteiger charge is -2.08. The van der Waals surface area contributed by atoms with Crippen molar-refractivity contribution < 1.29 is 4.79 Å². The van der Waals surface area contributed by atoms with Gasteiger partial charge in [-0.1, -0.05) is 38.1 Å². The number of halogens is 1. The molecular formula is C12H16ClNO. The largest absolute Gasteiger partial charge is 0.368 e. The quantitative estimate of drug-likeness (QED) is 0.787. The summed E-state index contributed by atoms with van der Waals surface area (Å²) in [6.45, 7) is 4.34. The molecule has 2 N–H and O–H groups in total. The molecule has 0 bridgehead atoms. The Morgan fingerprint density at radius 1 is 1.33 bits per heavy atom. The van der Waals surface area contributed by atoms with Gasteiger partial charge in [-0.2, -0.15) is 0 Å². The minimum Gasteiger partial charge on any atom is -0.368 e. The van der Waals surface area contributed by atoms with E-state index in [1.165, 1.54) is 5.56 Å². The topological polar surface area (TPSA) is 43.1 Å². The second kappa shape index (κ2) is 5.17. The molecule has 15 heavy (non-hydrogen) atoms. The van der Waals surface area contributed by atoms with Crippen LogP contribution in [-0.4, -0.2) is 5.91 Å². The molecule has 1 unspecified atom stereocenters. The van der Waals surface area contributed by atoms with E-state index >= 15 is 0 Å². The Morgan fingerprint density at radius 3 is 2.27 bits per heavy atom. The molecule has 2 nitrogen and oxygen atoms in total. The van der Waals surface area contributed by atoms with E-state index < -0.39 is 11.3 Å². The first-order valence-electron chi connectivity index (χ1n) is 5.03. The Bertz CT molecular complexity index is 332. The molecule has 1 aromatic rings. The van der Waals surface area contributed by atoms with Crippen molar-refractivity contribution in [2.75, 3.05) is 0 Å². The van der Waals surface area contributed by atoms with E-state index in [-0.39, 0.29) is 0 Å². The molecule has 1 amide bonds. The van der Waals surface area contributed by atoms with Gasteiger partial charge < -0.3 is 5.73 Å². The van der Waals surface area contributed by atoms with Crippen LogP contribution in [0, 0.1) is 5.92 Å². The van der Waals surface area contributed by atoms with E-state index in [9.17, 15) is 4.79 Å². The Kier molecular flexibility index (Phi) is 4.15. The number of amides is 1. The second-order valence-electron chi connectivity index (χ2n) is 4.10. The van der Waals surface area contributed by atoms with Crippen LogP contribution in [0.1, 0.15) is 30.4 Å². The van der Waals surface area contributed by atoms with E-state index in [1.807, 2.05) is 24.3 Å². The van der Waals surface area contributed by atoms with Gasteiger partial charge in [-0.25, -0.2) is 0 Å². The number of carbonyl (C=O) groups excluding carboxylic acids is 1. The highest BCUT2D eigenvalue weighted by molar-refractivity contribution is 6.30. The Balaban J connectivity index is 2.76. The van der Waals surface area contributed by atoms with E-state index in [0.29, 0.717) is 5.92 Å². The van der Waals surface area contributed by atoms with Crippen LogP contribution >= 0.6 is 11.6 Å².